The lowest BCUT2D eigenvalue weighted by Gasteiger charge is -2.26. The summed E-state index contributed by atoms with van der Waals surface area (Å²) in [5, 5.41) is 1.10. The Morgan fingerprint density at radius 1 is 1.25 bits per heavy atom. The number of nitrogens with two attached hydrogens (primary N) is 2. The summed E-state index contributed by atoms with van der Waals surface area (Å²) in [4.78, 5) is 20.5. The van der Waals surface area contributed by atoms with Crippen LogP contribution in [0.15, 0.2) is 46.9 Å². The third-order valence-corrected chi connectivity index (χ3v) is 4.30. The summed E-state index contributed by atoms with van der Waals surface area (Å²) in [6, 6.07) is 5.47. The van der Waals surface area contributed by atoms with Gasteiger partial charge in [0.25, 0.3) is 0 Å². The number of ether oxygens (including phenoxy) is 1. The number of aliphatic imine (C=N–C) groups is 2. The van der Waals surface area contributed by atoms with Crippen LogP contribution in [-0.2, 0) is 0 Å². The second-order valence-electron chi connectivity index (χ2n) is 6.49. The van der Waals surface area contributed by atoms with Gasteiger partial charge in [-0.1, -0.05) is 11.6 Å². The van der Waals surface area contributed by atoms with E-state index in [4.69, 9.17) is 27.8 Å². The molecule has 144 valence electrons. The quantitative estimate of drug-likeness (QED) is 0.503. The molecule has 0 aliphatic carbocycles. The fraction of sp³-hybridized carbons (Fsp3) is 0.211. The topological polar surface area (TPSA) is 125 Å². The maximum absolute atomic E-state index is 6.15. The Labute approximate surface area is 167 Å². The summed E-state index contributed by atoms with van der Waals surface area (Å²) in [7, 11) is 1.61. The van der Waals surface area contributed by atoms with Gasteiger partial charge in [0.2, 0.25) is 0 Å². The fourth-order valence-corrected chi connectivity index (χ4v) is 2.82. The minimum atomic E-state index is -0.907. The molecule has 0 aliphatic rings. The van der Waals surface area contributed by atoms with Crippen LogP contribution < -0.4 is 16.2 Å². The lowest BCUT2D eigenvalue weighted by molar-refractivity contribution is 0.184. The van der Waals surface area contributed by atoms with Crippen molar-refractivity contribution >= 4 is 40.5 Å². The predicted octanol–water partition coefficient (Wildman–Crippen LogP) is 3.10. The Morgan fingerprint density at radius 2 is 2.04 bits per heavy atom. The number of nitrogen functional groups attached to an aromatic ring is 1. The Balaban J connectivity index is 2.15. The predicted molar refractivity (Wildman–Crippen MR) is 113 cm³/mol. The average molecular weight is 398 g/mol. The largest absolute Gasteiger partial charge is 0.479 e. The lowest BCUT2D eigenvalue weighted by Crippen LogP contribution is -2.43. The SMILES string of the molecule is CN=CN=C(N)C(C)(C)Oc1ccc(-c2cncc(Cl)c2)c2ncnc(N)c12. The van der Waals surface area contributed by atoms with Gasteiger partial charge in [0.1, 0.15) is 30.1 Å². The van der Waals surface area contributed by atoms with Gasteiger partial charge in [-0.25, -0.2) is 15.0 Å². The number of hydrogen-bond donors (Lipinski definition) is 2. The molecule has 0 fully saturated rings. The zero-order valence-corrected chi connectivity index (χ0v) is 16.5. The van der Waals surface area contributed by atoms with Gasteiger partial charge in [0, 0.05) is 30.6 Å². The number of aromatic nitrogens is 3. The standard InChI is InChI=1S/C19H20ClN7O/c1-19(2,18(22)27-9-23-3)28-14-5-4-13(11-6-12(20)8-24-7-11)16-15(14)17(21)26-10-25-16/h4-10H,1-3H3,(H2,21,25,26)(H2,22,23,27). The molecule has 0 saturated heterocycles. The van der Waals surface area contributed by atoms with Gasteiger partial charge in [0.15, 0.2) is 5.60 Å². The first-order chi connectivity index (χ1) is 13.3. The monoisotopic (exact) mass is 397 g/mol. The van der Waals surface area contributed by atoms with Crippen LogP contribution in [0.25, 0.3) is 22.0 Å². The molecule has 0 unspecified atom stereocenters. The van der Waals surface area contributed by atoms with Crippen LogP contribution in [0.2, 0.25) is 5.02 Å². The normalized spacial score (nSPS) is 12.6. The molecular weight excluding hydrogens is 378 g/mol. The molecule has 2 aromatic heterocycles. The number of halogens is 1. The molecule has 0 spiro atoms. The molecule has 0 saturated carbocycles. The van der Waals surface area contributed by atoms with Crippen molar-refractivity contribution in [3.05, 3.63) is 41.9 Å². The maximum Gasteiger partial charge on any atom is 0.160 e. The van der Waals surface area contributed by atoms with E-state index in [9.17, 15) is 0 Å². The average Bonchev–Trinajstić information content (AvgIpc) is 2.66. The highest BCUT2D eigenvalue weighted by atomic mass is 35.5. The first-order valence-electron chi connectivity index (χ1n) is 8.41. The molecule has 28 heavy (non-hydrogen) atoms. The summed E-state index contributed by atoms with van der Waals surface area (Å²) < 4.78 is 6.15. The molecule has 9 heteroatoms. The van der Waals surface area contributed by atoms with Gasteiger partial charge in [0.05, 0.1) is 15.9 Å². The van der Waals surface area contributed by atoms with Crippen molar-refractivity contribution < 1.29 is 4.74 Å². The van der Waals surface area contributed by atoms with Crippen molar-refractivity contribution in [1.82, 2.24) is 15.0 Å². The minimum absolute atomic E-state index is 0.268. The van der Waals surface area contributed by atoms with Crippen LogP contribution in [0.3, 0.4) is 0 Å². The van der Waals surface area contributed by atoms with Gasteiger partial charge in [-0.15, -0.1) is 0 Å². The summed E-state index contributed by atoms with van der Waals surface area (Å²) in [5.41, 5.74) is 13.5. The smallest absolute Gasteiger partial charge is 0.160 e. The Morgan fingerprint density at radius 3 is 2.75 bits per heavy atom. The van der Waals surface area contributed by atoms with E-state index in [1.807, 2.05) is 6.07 Å². The second kappa shape index (κ2) is 7.77. The van der Waals surface area contributed by atoms with E-state index in [0.717, 1.165) is 11.1 Å². The van der Waals surface area contributed by atoms with Gasteiger partial charge in [-0.2, -0.15) is 0 Å². The van der Waals surface area contributed by atoms with Gasteiger partial charge >= 0.3 is 0 Å². The molecular formula is C19H20ClN7O. The van der Waals surface area contributed by atoms with Crippen LogP contribution in [0.4, 0.5) is 5.82 Å². The molecule has 3 aromatic rings. The molecule has 1 aromatic carbocycles. The highest BCUT2D eigenvalue weighted by molar-refractivity contribution is 6.30. The Kier molecular flexibility index (Phi) is 5.41. The lowest BCUT2D eigenvalue weighted by atomic mass is 10.0. The van der Waals surface area contributed by atoms with Gasteiger partial charge < -0.3 is 16.2 Å². The number of fused-ring (bicyclic) bond motifs is 1. The van der Waals surface area contributed by atoms with E-state index in [2.05, 4.69) is 24.9 Å². The van der Waals surface area contributed by atoms with Crippen molar-refractivity contribution in [3.63, 3.8) is 0 Å². The van der Waals surface area contributed by atoms with E-state index in [1.54, 1.807) is 45.4 Å². The summed E-state index contributed by atoms with van der Waals surface area (Å²) in [5.74, 6) is 1.05. The highest BCUT2D eigenvalue weighted by Gasteiger charge is 2.27. The first kappa shape index (κ1) is 19.5. The van der Waals surface area contributed by atoms with Crippen LogP contribution in [0, 0.1) is 0 Å². The molecule has 0 radical (unpaired) electrons. The number of benzene rings is 1. The highest BCUT2D eigenvalue weighted by Crippen LogP contribution is 2.37. The number of pyridine rings is 1. The third kappa shape index (κ3) is 3.86. The number of amidine groups is 1. The molecule has 0 amide bonds. The van der Waals surface area contributed by atoms with Crippen LogP contribution >= 0.6 is 11.6 Å². The van der Waals surface area contributed by atoms with Crippen LogP contribution in [0.5, 0.6) is 5.75 Å². The zero-order chi connectivity index (χ0) is 20.3. The molecule has 0 bridgehead atoms. The Hall–Kier alpha value is -3.26. The van der Waals surface area contributed by atoms with Crippen LogP contribution in [-0.4, -0.2) is 39.8 Å². The van der Waals surface area contributed by atoms with Gasteiger partial charge in [-0.3, -0.25) is 9.98 Å². The molecule has 2 heterocycles. The second-order valence-corrected chi connectivity index (χ2v) is 6.92. The summed E-state index contributed by atoms with van der Waals surface area (Å²) in [6.07, 6.45) is 6.04. The van der Waals surface area contributed by atoms with Crippen LogP contribution in [0.1, 0.15) is 13.8 Å². The van der Waals surface area contributed by atoms with E-state index in [-0.39, 0.29) is 5.84 Å². The number of rotatable bonds is 5. The maximum atomic E-state index is 6.15. The van der Waals surface area contributed by atoms with E-state index in [1.165, 1.54) is 12.7 Å². The van der Waals surface area contributed by atoms with E-state index >= 15 is 0 Å². The van der Waals surface area contributed by atoms with Crippen molar-refractivity contribution in [2.45, 2.75) is 19.4 Å². The fourth-order valence-electron chi connectivity index (χ4n) is 2.65. The summed E-state index contributed by atoms with van der Waals surface area (Å²) in [6.45, 7) is 3.60. The van der Waals surface area contributed by atoms with Crippen molar-refractivity contribution in [2.24, 2.45) is 15.7 Å². The number of anilines is 1. The minimum Gasteiger partial charge on any atom is -0.479 e. The molecule has 4 N–H and O–H groups in total. The summed E-state index contributed by atoms with van der Waals surface area (Å²) >= 11 is 6.09. The van der Waals surface area contributed by atoms with E-state index < -0.39 is 5.60 Å². The Bertz CT molecular complexity index is 1080. The van der Waals surface area contributed by atoms with Crippen molar-refractivity contribution in [1.29, 1.82) is 0 Å². The molecule has 3 rings (SSSR count). The zero-order valence-electron chi connectivity index (χ0n) is 15.7. The van der Waals surface area contributed by atoms with Crippen molar-refractivity contribution in [2.75, 3.05) is 12.8 Å². The molecule has 8 nitrogen and oxygen atoms in total. The molecule has 0 atom stereocenters. The molecule has 0 aliphatic heterocycles. The van der Waals surface area contributed by atoms with Gasteiger partial charge in [-0.05, 0) is 32.0 Å². The number of hydrogen-bond acceptors (Lipinski definition) is 6. The first-order valence-corrected chi connectivity index (χ1v) is 8.79. The number of nitrogens with zero attached hydrogens (tertiary/aromatic N) is 5. The van der Waals surface area contributed by atoms with E-state index in [0.29, 0.717) is 27.5 Å². The van der Waals surface area contributed by atoms with Crippen molar-refractivity contribution in [3.8, 4) is 16.9 Å². The third-order valence-electron chi connectivity index (χ3n) is 4.09.